The summed E-state index contributed by atoms with van der Waals surface area (Å²) in [5.41, 5.74) is -0.0107. The van der Waals surface area contributed by atoms with Gasteiger partial charge in [0.05, 0.1) is 5.41 Å². The number of hydrogen-bond acceptors (Lipinski definition) is 2. The summed E-state index contributed by atoms with van der Waals surface area (Å²) in [6.07, 6.45) is 8.65. The Morgan fingerprint density at radius 1 is 1.21 bits per heavy atom. The molecule has 5 atom stereocenters. The van der Waals surface area contributed by atoms with Crippen LogP contribution in [0.15, 0.2) is 12.2 Å². The van der Waals surface area contributed by atoms with Crippen molar-refractivity contribution in [3.05, 3.63) is 12.2 Å². The number of ketones is 1. The number of aldehydes is 1. The van der Waals surface area contributed by atoms with Crippen molar-refractivity contribution in [3.63, 3.8) is 0 Å². The fourth-order valence-electron chi connectivity index (χ4n) is 5.17. The number of allylic oxidation sites excluding steroid dienone is 1. The third kappa shape index (κ3) is 1.75. The third-order valence-electron chi connectivity index (χ3n) is 6.19. The standard InChI is InChI=1S/C17H24O2/c1-11-5-3-4-6-13-14(11)9-17(10-18)15(13)8-7-12(2)16(17)19/h10-11,13-15H,2-9H2,1H3. The molecule has 19 heavy (non-hydrogen) atoms. The van der Waals surface area contributed by atoms with E-state index in [0.29, 0.717) is 29.2 Å². The Morgan fingerprint density at radius 2 is 1.95 bits per heavy atom. The van der Waals surface area contributed by atoms with Crippen molar-refractivity contribution in [2.24, 2.45) is 29.1 Å². The van der Waals surface area contributed by atoms with Crippen molar-refractivity contribution in [2.45, 2.75) is 51.9 Å². The molecule has 0 aromatic carbocycles. The Kier molecular flexibility index (Phi) is 3.15. The number of hydrogen-bond donors (Lipinski definition) is 0. The lowest BCUT2D eigenvalue weighted by atomic mass is 9.64. The highest BCUT2D eigenvalue weighted by Gasteiger charge is 2.59. The molecule has 3 rings (SSSR count). The van der Waals surface area contributed by atoms with Gasteiger partial charge in [0.2, 0.25) is 0 Å². The van der Waals surface area contributed by atoms with Gasteiger partial charge in [0.1, 0.15) is 6.29 Å². The second-order valence-corrected chi connectivity index (χ2v) is 7.03. The van der Waals surface area contributed by atoms with Crippen LogP contribution in [0, 0.1) is 29.1 Å². The normalized spacial score (nSPS) is 46.4. The van der Waals surface area contributed by atoms with E-state index in [0.717, 1.165) is 25.5 Å². The predicted molar refractivity (Wildman–Crippen MR) is 74.6 cm³/mol. The molecule has 0 aromatic rings. The first-order valence-corrected chi connectivity index (χ1v) is 7.79. The van der Waals surface area contributed by atoms with Crippen LogP contribution >= 0.6 is 0 Å². The van der Waals surface area contributed by atoms with Gasteiger partial charge in [-0.1, -0.05) is 32.8 Å². The fourth-order valence-corrected chi connectivity index (χ4v) is 5.17. The second-order valence-electron chi connectivity index (χ2n) is 7.03. The zero-order valence-corrected chi connectivity index (χ0v) is 11.9. The van der Waals surface area contributed by atoms with Crippen LogP contribution in [-0.4, -0.2) is 12.1 Å². The van der Waals surface area contributed by atoms with Gasteiger partial charge in [0.25, 0.3) is 0 Å². The van der Waals surface area contributed by atoms with Crippen LogP contribution in [-0.2, 0) is 9.59 Å². The Labute approximate surface area is 115 Å². The summed E-state index contributed by atoms with van der Waals surface area (Å²) >= 11 is 0. The molecule has 0 saturated heterocycles. The second kappa shape index (κ2) is 4.57. The maximum atomic E-state index is 12.6. The number of carbonyl (C=O) groups excluding carboxylic acids is 2. The molecule has 0 amide bonds. The van der Waals surface area contributed by atoms with Gasteiger partial charge in [-0.25, -0.2) is 0 Å². The van der Waals surface area contributed by atoms with Gasteiger partial charge in [-0.2, -0.15) is 0 Å². The molecule has 0 spiro atoms. The van der Waals surface area contributed by atoms with Crippen molar-refractivity contribution in [1.29, 1.82) is 0 Å². The topological polar surface area (TPSA) is 34.1 Å². The Balaban J connectivity index is 2.00. The van der Waals surface area contributed by atoms with E-state index in [4.69, 9.17) is 0 Å². The van der Waals surface area contributed by atoms with E-state index in [-0.39, 0.29) is 5.78 Å². The van der Waals surface area contributed by atoms with E-state index in [9.17, 15) is 9.59 Å². The maximum absolute atomic E-state index is 12.6. The Morgan fingerprint density at radius 3 is 2.68 bits per heavy atom. The first-order valence-electron chi connectivity index (χ1n) is 7.79. The monoisotopic (exact) mass is 260 g/mol. The van der Waals surface area contributed by atoms with E-state index >= 15 is 0 Å². The molecule has 104 valence electrons. The summed E-state index contributed by atoms with van der Waals surface area (Å²) in [5, 5.41) is 0. The SMILES string of the molecule is C=C1CCC2C3CCCCC(C)C3CC2(C=O)C1=O. The highest BCUT2D eigenvalue weighted by atomic mass is 16.1. The van der Waals surface area contributed by atoms with E-state index in [1.807, 2.05) is 0 Å². The minimum absolute atomic E-state index is 0.0685. The van der Waals surface area contributed by atoms with Crippen molar-refractivity contribution in [1.82, 2.24) is 0 Å². The number of rotatable bonds is 1. The van der Waals surface area contributed by atoms with Crippen LogP contribution in [0.5, 0.6) is 0 Å². The van der Waals surface area contributed by atoms with Gasteiger partial charge in [0, 0.05) is 0 Å². The zero-order chi connectivity index (χ0) is 13.6. The van der Waals surface area contributed by atoms with Crippen molar-refractivity contribution < 1.29 is 9.59 Å². The number of Topliss-reactive ketones (excluding diaryl/α,β-unsaturated/α-hetero) is 1. The summed E-state index contributed by atoms with van der Waals surface area (Å²) in [6.45, 7) is 6.21. The number of carbonyl (C=O) groups is 2. The highest BCUT2D eigenvalue weighted by molar-refractivity contribution is 6.09. The summed E-state index contributed by atoms with van der Waals surface area (Å²) < 4.78 is 0. The molecular weight excluding hydrogens is 236 g/mol. The molecule has 3 fully saturated rings. The Bertz CT molecular complexity index is 425. The molecule has 2 nitrogen and oxygen atoms in total. The summed E-state index contributed by atoms with van der Waals surface area (Å²) in [7, 11) is 0. The molecule has 2 heteroatoms. The van der Waals surface area contributed by atoms with E-state index < -0.39 is 5.41 Å². The minimum atomic E-state index is -0.698. The van der Waals surface area contributed by atoms with Crippen LogP contribution in [0.2, 0.25) is 0 Å². The first kappa shape index (κ1) is 13.1. The molecule has 5 unspecified atom stereocenters. The number of fused-ring (bicyclic) bond motifs is 3. The van der Waals surface area contributed by atoms with Gasteiger partial charge < -0.3 is 4.79 Å². The minimum Gasteiger partial charge on any atom is -0.302 e. The van der Waals surface area contributed by atoms with Crippen molar-refractivity contribution in [2.75, 3.05) is 0 Å². The molecule has 0 aromatic heterocycles. The van der Waals surface area contributed by atoms with Crippen LogP contribution in [0.1, 0.15) is 51.9 Å². The van der Waals surface area contributed by atoms with E-state index in [1.54, 1.807) is 0 Å². The molecule has 0 bridgehead atoms. The fraction of sp³-hybridized carbons (Fsp3) is 0.765. The molecule has 3 aliphatic carbocycles. The van der Waals surface area contributed by atoms with Gasteiger partial charge in [-0.05, 0) is 54.9 Å². The largest absolute Gasteiger partial charge is 0.302 e. The molecular formula is C17H24O2. The smallest absolute Gasteiger partial charge is 0.171 e. The van der Waals surface area contributed by atoms with Crippen LogP contribution in [0.25, 0.3) is 0 Å². The van der Waals surface area contributed by atoms with Gasteiger partial charge in [-0.3, -0.25) is 4.79 Å². The molecule has 0 N–H and O–H groups in total. The van der Waals surface area contributed by atoms with Crippen LogP contribution in [0.4, 0.5) is 0 Å². The zero-order valence-electron chi connectivity index (χ0n) is 11.9. The molecule has 0 heterocycles. The average molecular weight is 260 g/mol. The lowest BCUT2D eigenvalue weighted by Gasteiger charge is -2.36. The maximum Gasteiger partial charge on any atom is 0.171 e. The Hall–Kier alpha value is -0.920. The molecule has 0 radical (unpaired) electrons. The predicted octanol–water partition coefficient (Wildman–Crippen LogP) is 3.55. The molecule has 0 aliphatic heterocycles. The molecule has 3 aliphatic rings. The highest BCUT2D eigenvalue weighted by Crippen LogP contribution is 2.60. The quantitative estimate of drug-likeness (QED) is 0.410. The van der Waals surface area contributed by atoms with Crippen molar-refractivity contribution in [3.8, 4) is 0 Å². The van der Waals surface area contributed by atoms with Crippen LogP contribution in [0.3, 0.4) is 0 Å². The van der Waals surface area contributed by atoms with Gasteiger partial charge >= 0.3 is 0 Å². The van der Waals surface area contributed by atoms with Gasteiger partial charge in [-0.15, -0.1) is 0 Å². The van der Waals surface area contributed by atoms with E-state index in [1.165, 1.54) is 25.7 Å². The van der Waals surface area contributed by atoms with Gasteiger partial charge in [0.15, 0.2) is 5.78 Å². The molecule has 3 saturated carbocycles. The van der Waals surface area contributed by atoms with Crippen molar-refractivity contribution >= 4 is 12.1 Å². The summed E-state index contributed by atoms with van der Waals surface area (Å²) in [5.74, 6) is 2.20. The lowest BCUT2D eigenvalue weighted by Crippen LogP contribution is -2.42. The van der Waals surface area contributed by atoms with Crippen LogP contribution < -0.4 is 0 Å². The summed E-state index contributed by atoms with van der Waals surface area (Å²) in [4.78, 5) is 24.4. The third-order valence-corrected chi connectivity index (χ3v) is 6.19. The van der Waals surface area contributed by atoms with E-state index in [2.05, 4.69) is 13.5 Å². The lowest BCUT2D eigenvalue weighted by molar-refractivity contribution is -0.136. The first-order chi connectivity index (χ1) is 9.10. The summed E-state index contributed by atoms with van der Waals surface area (Å²) in [6, 6.07) is 0. The average Bonchev–Trinajstić information content (AvgIpc) is 2.64.